The number of hydrogen-bond donors (Lipinski definition) is 1. The maximum absolute atomic E-state index is 12.5. The van der Waals surface area contributed by atoms with Crippen LogP contribution < -0.4 is 10.1 Å². The zero-order valence-corrected chi connectivity index (χ0v) is 17.8. The molecule has 0 spiro atoms. The van der Waals surface area contributed by atoms with E-state index < -0.39 is 17.8 Å². The Labute approximate surface area is 183 Å². The highest BCUT2D eigenvalue weighted by Crippen LogP contribution is 2.32. The molecule has 0 atom stereocenters. The van der Waals surface area contributed by atoms with E-state index in [4.69, 9.17) is 0 Å². The van der Waals surface area contributed by atoms with Crippen LogP contribution in [0.4, 0.5) is 13.6 Å². The summed E-state index contributed by atoms with van der Waals surface area (Å²) in [6.07, 6.45) is 1.51. The third kappa shape index (κ3) is 6.31. The summed E-state index contributed by atoms with van der Waals surface area (Å²) in [6, 6.07) is 9.56. The predicted octanol–water partition coefficient (Wildman–Crippen LogP) is 4.29. The van der Waals surface area contributed by atoms with Crippen LogP contribution in [0.2, 0.25) is 0 Å². The number of imide groups is 1. The van der Waals surface area contributed by atoms with Crippen molar-refractivity contribution in [2.45, 2.75) is 10.8 Å². The van der Waals surface area contributed by atoms with Crippen molar-refractivity contribution in [1.82, 2.24) is 10.2 Å². The number of rotatable bonds is 9. The highest BCUT2D eigenvalue weighted by molar-refractivity contribution is 8.18. The largest absolute Gasteiger partial charge is 0.435 e. The first-order valence-electron chi connectivity index (χ1n) is 8.65. The Kier molecular flexibility index (Phi) is 7.88. The topological polar surface area (TPSA) is 75.7 Å². The lowest BCUT2D eigenvalue weighted by atomic mass is 10.2. The summed E-state index contributed by atoms with van der Waals surface area (Å²) < 4.78 is 29.7. The fourth-order valence-electron chi connectivity index (χ4n) is 2.43. The van der Waals surface area contributed by atoms with Crippen molar-refractivity contribution in [3.63, 3.8) is 0 Å². The first-order valence-corrected chi connectivity index (χ1v) is 11.3. The molecule has 30 heavy (non-hydrogen) atoms. The number of halogens is 2. The molecule has 0 saturated carbocycles. The Balaban J connectivity index is 1.49. The van der Waals surface area contributed by atoms with Gasteiger partial charge in [-0.1, -0.05) is 18.2 Å². The number of nitrogens with one attached hydrogen (secondary N) is 1. The average molecular weight is 471 g/mol. The monoisotopic (exact) mass is 470 g/mol. The molecule has 1 N–H and O–H groups in total. The van der Waals surface area contributed by atoms with Crippen LogP contribution in [0.1, 0.15) is 5.56 Å². The summed E-state index contributed by atoms with van der Waals surface area (Å²) in [5, 5.41) is 4.20. The molecule has 1 aromatic heterocycles. The first kappa shape index (κ1) is 22.3. The van der Waals surface area contributed by atoms with Gasteiger partial charge in [0.05, 0.1) is 14.9 Å². The van der Waals surface area contributed by atoms with E-state index in [1.165, 1.54) is 42.1 Å². The van der Waals surface area contributed by atoms with Gasteiger partial charge >= 0.3 is 6.61 Å². The molecule has 2 aromatic rings. The molecular formula is C19H16F2N2O4S3. The zero-order chi connectivity index (χ0) is 21.5. The Bertz CT molecular complexity index is 934. The van der Waals surface area contributed by atoms with Crippen molar-refractivity contribution in [2.75, 3.05) is 18.8 Å². The number of hydrogen-bond acceptors (Lipinski definition) is 7. The van der Waals surface area contributed by atoms with Crippen LogP contribution >= 0.6 is 34.9 Å². The zero-order valence-electron chi connectivity index (χ0n) is 15.4. The van der Waals surface area contributed by atoms with Gasteiger partial charge < -0.3 is 10.1 Å². The minimum absolute atomic E-state index is 0.00300. The molecule has 11 heteroatoms. The molecular weight excluding hydrogens is 454 g/mol. The van der Waals surface area contributed by atoms with Crippen molar-refractivity contribution in [3.05, 3.63) is 52.2 Å². The average Bonchev–Trinajstić information content (AvgIpc) is 3.31. The third-order valence-electron chi connectivity index (χ3n) is 3.77. The molecule has 0 bridgehead atoms. The van der Waals surface area contributed by atoms with Gasteiger partial charge in [-0.05, 0) is 47.0 Å². The smallest absolute Gasteiger partial charge is 0.387 e. The first-order chi connectivity index (χ1) is 14.4. The molecule has 1 aromatic carbocycles. The number of thioether (sulfide) groups is 2. The van der Waals surface area contributed by atoms with E-state index >= 15 is 0 Å². The van der Waals surface area contributed by atoms with Crippen molar-refractivity contribution >= 4 is 58.0 Å². The fourth-order valence-corrected chi connectivity index (χ4v) is 4.91. The summed E-state index contributed by atoms with van der Waals surface area (Å²) in [4.78, 5) is 37.8. The number of carbonyl (C=O) groups excluding carboxylic acids is 3. The lowest BCUT2D eigenvalue weighted by Gasteiger charge is -2.12. The van der Waals surface area contributed by atoms with E-state index in [9.17, 15) is 23.2 Å². The lowest BCUT2D eigenvalue weighted by molar-refractivity contribution is -0.123. The molecule has 6 nitrogen and oxygen atoms in total. The molecule has 3 amide bonds. The summed E-state index contributed by atoms with van der Waals surface area (Å²) in [5.41, 5.74) is 0.570. The van der Waals surface area contributed by atoms with Crippen molar-refractivity contribution < 1.29 is 27.9 Å². The van der Waals surface area contributed by atoms with Gasteiger partial charge in [0.25, 0.3) is 11.1 Å². The Morgan fingerprint density at radius 1 is 1.23 bits per heavy atom. The summed E-state index contributed by atoms with van der Waals surface area (Å²) >= 11 is 3.76. The van der Waals surface area contributed by atoms with Gasteiger partial charge in [-0.2, -0.15) is 8.78 Å². The van der Waals surface area contributed by atoms with Crippen molar-refractivity contribution in [1.29, 1.82) is 0 Å². The van der Waals surface area contributed by atoms with Crippen molar-refractivity contribution in [2.24, 2.45) is 0 Å². The predicted molar refractivity (Wildman–Crippen MR) is 114 cm³/mol. The maximum Gasteiger partial charge on any atom is 0.387 e. The van der Waals surface area contributed by atoms with Crippen LogP contribution in [0.15, 0.2) is 50.9 Å². The lowest BCUT2D eigenvalue weighted by Crippen LogP contribution is -2.37. The number of nitrogens with zero attached hydrogens (tertiary/aromatic N) is 1. The van der Waals surface area contributed by atoms with Crippen molar-refractivity contribution in [3.8, 4) is 5.75 Å². The number of ether oxygens (including phenoxy) is 1. The Morgan fingerprint density at radius 3 is 2.67 bits per heavy atom. The molecule has 0 unspecified atom stereocenters. The second-order valence-electron chi connectivity index (χ2n) is 5.85. The Hall–Kier alpha value is -2.37. The van der Waals surface area contributed by atoms with Crippen LogP contribution in [-0.4, -0.2) is 47.4 Å². The van der Waals surface area contributed by atoms with Gasteiger partial charge in [-0.15, -0.1) is 23.1 Å². The maximum atomic E-state index is 12.5. The molecule has 3 rings (SSSR count). The van der Waals surface area contributed by atoms with Gasteiger partial charge in [0.2, 0.25) is 5.91 Å². The summed E-state index contributed by atoms with van der Waals surface area (Å²) in [5.74, 6) is -0.376. The third-order valence-corrected chi connectivity index (χ3v) is 6.81. The Morgan fingerprint density at radius 2 is 2.00 bits per heavy atom. The molecule has 0 aliphatic carbocycles. The van der Waals surface area contributed by atoms with Gasteiger partial charge in [-0.3, -0.25) is 19.3 Å². The number of amides is 3. The molecule has 2 heterocycles. The SMILES string of the molecule is O=C(CSc1cccs1)NCCN1C(=O)S/C(=C\c2ccc(OC(F)F)cc2)C1=O. The van der Waals surface area contributed by atoms with Gasteiger partial charge in [0.1, 0.15) is 5.75 Å². The number of carbonyl (C=O) groups is 3. The van der Waals surface area contributed by atoms with Crippen LogP contribution in [-0.2, 0) is 9.59 Å². The highest BCUT2D eigenvalue weighted by Gasteiger charge is 2.34. The minimum Gasteiger partial charge on any atom is -0.435 e. The second kappa shape index (κ2) is 10.6. The number of alkyl halides is 2. The molecule has 158 valence electrons. The van der Waals surface area contributed by atoms with E-state index in [0.717, 1.165) is 20.9 Å². The quantitative estimate of drug-likeness (QED) is 0.435. The van der Waals surface area contributed by atoms with E-state index in [-0.39, 0.29) is 35.4 Å². The van der Waals surface area contributed by atoms with E-state index in [0.29, 0.717) is 5.56 Å². The molecule has 1 aliphatic rings. The fraction of sp³-hybridized carbons (Fsp3) is 0.211. The number of thiophene rings is 1. The normalized spacial score (nSPS) is 15.3. The van der Waals surface area contributed by atoms with Crippen LogP contribution in [0.5, 0.6) is 5.75 Å². The van der Waals surface area contributed by atoms with E-state index in [2.05, 4.69) is 10.1 Å². The van der Waals surface area contributed by atoms with Gasteiger partial charge in [0, 0.05) is 13.1 Å². The second-order valence-corrected chi connectivity index (χ2v) is 9.07. The van der Waals surface area contributed by atoms with Crippen LogP contribution in [0.25, 0.3) is 6.08 Å². The summed E-state index contributed by atoms with van der Waals surface area (Å²) in [6.45, 7) is -2.69. The van der Waals surface area contributed by atoms with Gasteiger partial charge in [-0.25, -0.2) is 0 Å². The molecule has 1 saturated heterocycles. The number of benzene rings is 1. The molecule has 1 fully saturated rings. The van der Waals surface area contributed by atoms with E-state index in [1.807, 2.05) is 17.5 Å². The van der Waals surface area contributed by atoms with Crippen LogP contribution in [0.3, 0.4) is 0 Å². The standard InChI is InChI=1S/C19H16F2N2O4S3/c20-18(21)27-13-5-3-12(4-6-13)10-14-17(25)23(19(26)30-14)8-7-22-15(24)11-29-16-2-1-9-28-16/h1-6,9-10,18H,7-8,11H2,(H,22,24)/b14-10-. The highest BCUT2D eigenvalue weighted by atomic mass is 32.2. The minimum atomic E-state index is -2.91. The summed E-state index contributed by atoms with van der Waals surface area (Å²) in [7, 11) is 0. The van der Waals surface area contributed by atoms with Gasteiger partial charge in [0.15, 0.2) is 0 Å². The molecule has 0 radical (unpaired) electrons. The molecule has 1 aliphatic heterocycles. The van der Waals surface area contributed by atoms with Crippen LogP contribution in [0, 0.1) is 0 Å². The van der Waals surface area contributed by atoms with E-state index in [1.54, 1.807) is 11.3 Å².